The van der Waals surface area contributed by atoms with Crippen LogP contribution in [0, 0.1) is 0 Å². The number of likely N-dealkylation sites (tertiary alicyclic amines) is 1. The van der Waals surface area contributed by atoms with Crippen molar-refractivity contribution in [2.45, 2.75) is 46.1 Å². The van der Waals surface area contributed by atoms with Gasteiger partial charge in [0, 0.05) is 30.2 Å². The molecule has 122 valence electrons. The van der Waals surface area contributed by atoms with Crippen molar-refractivity contribution in [1.82, 2.24) is 9.47 Å². The number of ketones is 1. The van der Waals surface area contributed by atoms with Gasteiger partial charge in [-0.1, -0.05) is 25.1 Å². The number of carbonyl (C=O) groups excluding carboxylic acids is 2. The molecule has 0 bridgehead atoms. The predicted molar refractivity (Wildman–Crippen MR) is 91.8 cm³/mol. The van der Waals surface area contributed by atoms with Gasteiger partial charge < -0.3 is 9.47 Å². The van der Waals surface area contributed by atoms with Gasteiger partial charge >= 0.3 is 0 Å². The van der Waals surface area contributed by atoms with Crippen molar-refractivity contribution in [2.75, 3.05) is 13.1 Å². The van der Waals surface area contributed by atoms with E-state index in [4.69, 9.17) is 0 Å². The lowest BCUT2D eigenvalue weighted by atomic mass is 10.1. The van der Waals surface area contributed by atoms with Crippen molar-refractivity contribution in [1.29, 1.82) is 0 Å². The number of benzene rings is 1. The zero-order chi connectivity index (χ0) is 16.4. The highest BCUT2D eigenvalue weighted by Gasteiger charge is 2.20. The quantitative estimate of drug-likeness (QED) is 0.812. The standard InChI is InChI=1S/C19H24N2O2/c1-3-15-8-7-9-16-17(14(2)22)12-21(19(15)16)13-18(23)20-10-5-4-6-11-20/h7-9,12H,3-6,10-11,13H2,1-2H3. The van der Waals surface area contributed by atoms with Crippen molar-refractivity contribution in [3.8, 4) is 0 Å². The molecule has 1 aromatic carbocycles. The molecule has 4 nitrogen and oxygen atoms in total. The summed E-state index contributed by atoms with van der Waals surface area (Å²) in [6.45, 7) is 5.73. The summed E-state index contributed by atoms with van der Waals surface area (Å²) in [5.41, 5.74) is 2.92. The summed E-state index contributed by atoms with van der Waals surface area (Å²) in [5.74, 6) is 0.204. The van der Waals surface area contributed by atoms with Crippen molar-refractivity contribution in [3.63, 3.8) is 0 Å². The van der Waals surface area contributed by atoms with Crippen LogP contribution in [0.5, 0.6) is 0 Å². The van der Waals surface area contributed by atoms with Crippen LogP contribution in [-0.4, -0.2) is 34.2 Å². The number of amides is 1. The molecule has 0 atom stereocenters. The average Bonchev–Trinajstić information content (AvgIpc) is 2.94. The Bertz CT molecular complexity index is 739. The summed E-state index contributed by atoms with van der Waals surface area (Å²) in [6.07, 6.45) is 6.14. The third-order valence-corrected chi connectivity index (χ3v) is 4.76. The Balaban J connectivity index is 1.99. The molecular formula is C19H24N2O2. The normalized spacial score (nSPS) is 15.1. The van der Waals surface area contributed by atoms with Crippen molar-refractivity contribution in [3.05, 3.63) is 35.5 Å². The van der Waals surface area contributed by atoms with Gasteiger partial charge in [-0.15, -0.1) is 0 Å². The van der Waals surface area contributed by atoms with Crippen LogP contribution in [0.1, 0.15) is 49.0 Å². The summed E-state index contributed by atoms with van der Waals surface area (Å²) in [6, 6.07) is 6.05. The maximum atomic E-state index is 12.6. The Morgan fingerprint density at radius 3 is 2.52 bits per heavy atom. The van der Waals surface area contributed by atoms with Crippen LogP contribution in [0.3, 0.4) is 0 Å². The van der Waals surface area contributed by atoms with Crippen molar-refractivity contribution >= 4 is 22.6 Å². The van der Waals surface area contributed by atoms with E-state index in [9.17, 15) is 9.59 Å². The van der Waals surface area contributed by atoms with Gasteiger partial charge in [-0.2, -0.15) is 0 Å². The van der Waals surface area contributed by atoms with Gasteiger partial charge in [-0.3, -0.25) is 9.59 Å². The summed E-state index contributed by atoms with van der Waals surface area (Å²) in [7, 11) is 0. The first kappa shape index (κ1) is 15.8. The minimum Gasteiger partial charge on any atom is -0.341 e. The molecule has 0 aliphatic carbocycles. The van der Waals surface area contributed by atoms with Crippen LogP contribution in [0.15, 0.2) is 24.4 Å². The second-order valence-corrected chi connectivity index (χ2v) is 6.34. The van der Waals surface area contributed by atoms with E-state index in [1.165, 1.54) is 12.0 Å². The Kier molecular flexibility index (Phi) is 4.51. The summed E-state index contributed by atoms with van der Waals surface area (Å²) in [4.78, 5) is 26.5. The molecule has 0 spiro atoms. The lowest BCUT2D eigenvalue weighted by molar-refractivity contribution is -0.132. The van der Waals surface area contributed by atoms with E-state index in [0.717, 1.165) is 43.3 Å². The van der Waals surface area contributed by atoms with Crippen LogP contribution < -0.4 is 0 Å². The fourth-order valence-corrected chi connectivity index (χ4v) is 3.52. The molecule has 23 heavy (non-hydrogen) atoms. The number of para-hydroxylation sites is 1. The zero-order valence-corrected chi connectivity index (χ0v) is 14.0. The van der Waals surface area contributed by atoms with Crippen LogP contribution in [-0.2, 0) is 17.8 Å². The van der Waals surface area contributed by atoms with Crippen LogP contribution in [0.2, 0.25) is 0 Å². The first-order chi connectivity index (χ1) is 11.1. The smallest absolute Gasteiger partial charge is 0.242 e. The fraction of sp³-hybridized carbons (Fsp3) is 0.474. The number of aromatic nitrogens is 1. The molecule has 0 N–H and O–H groups in total. The fourth-order valence-electron chi connectivity index (χ4n) is 3.52. The highest BCUT2D eigenvalue weighted by atomic mass is 16.2. The SMILES string of the molecule is CCc1cccc2c(C(C)=O)cn(CC(=O)N3CCCCC3)c12. The monoisotopic (exact) mass is 312 g/mol. The van der Waals surface area contributed by atoms with E-state index in [-0.39, 0.29) is 11.7 Å². The number of hydrogen-bond acceptors (Lipinski definition) is 2. The summed E-state index contributed by atoms with van der Waals surface area (Å²) in [5, 5.41) is 0.961. The predicted octanol–water partition coefficient (Wildman–Crippen LogP) is 3.42. The largest absolute Gasteiger partial charge is 0.341 e. The lowest BCUT2D eigenvalue weighted by Crippen LogP contribution is -2.37. The number of carbonyl (C=O) groups is 2. The molecule has 0 unspecified atom stereocenters. The van der Waals surface area contributed by atoms with E-state index in [1.807, 2.05) is 27.8 Å². The molecule has 1 aliphatic rings. The molecule has 3 rings (SSSR count). The lowest BCUT2D eigenvalue weighted by Gasteiger charge is -2.27. The number of aryl methyl sites for hydroxylation is 1. The maximum Gasteiger partial charge on any atom is 0.242 e. The molecule has 2 heterocycles. The van der Waals surface area contributed by atoms with Crippen LogP contribution >= 0.6 is 0 Å². The van der Waals surface area contributed by atoms with Gasteiger partial charge in [0.15, 0.2) is 5.78 Å². The molecule has 1 aliphatic heterocycles. The third kappa shape index (κ3) is 3.03. The molecule has 1 saturated heterocycles. The molecule has 0 radical (unpaired) electrons. The van der Waals surface area contributed by atoms with E-state index in [1.54, 1.807) is 6.92 Å². The molecular weight excluding hydrogens is 288 g/mol. The Hall–Kier alpha value is -2.10. The van der Waals surface area contributed by atoms with Gasteiger partial charge in [0.05, 0.1) is 5.52 Å². The minimum absolute atomic E-state index is 0.0485. The Morgan fingerprint density at radius 2 is 1.87 bits per heavy atom. The van der Waals surface area contributed by atoms with E-state index in [0.29, 0.717) is 12.1 Å². The van der Waals surface area contributed by atoms with Crippen molar-refractivity contribution in [2.24, 2.45) is 0 Å². The van der Waals surface area contributed by atoms with E-state index < -0.39 is 0 Å². The first-order valence-corrected chi connectivity index (χ1v) is 8.51. The molecule has 1 amide bonds. The molecule has 1 aromatic heterocycles. The van der Waals surface area contributed by atoms with E-state index in [2.05, 4.69) is 13.0 Å². The van der Waals surface area contributed by atoms with Gasteiger partial charge in [0.25, 0.3) is 0 Å². The van der Waals surface area contributed by atoms with Gasteiger partial charge in [0.1, 0.15) is 6.54 Å². The molecule has 2 aromatic rings. The highest BCUT2D eigenvalue weighted by molar-refractivity contribution is 6.07. The van der Waals surface area contributed by atoms with Crippen LogP contribution in [0.4, 0.5) is 0 Å². The molecule has 0 saturated carbocycles. The number of nitrogens with zero attached hydrogens (tertiary/aromatic N) is 2. The second-order valence-electron chi connectivity index (χ2n) is 6.34. The second kappa shape index (κ2) is 6.57. The number of piperidine rings is 1. The Labute approximate surface area is 137 Å². The molecule has 4 heteroatoms. The van der Waals surface area contributed by atoms with Gasteiger partial charge in [-0.25, -0.2) is 0 Å². The first-order valence-electron chi connectivity index (χ1n) is 8.51. The number of fused-ring (bicyclic) bond motifs is 1. The summed E-state index contributed by atoms with van der Waals surface area (Å²) >= 11 is 0. The minimum atomic E-state index is 0.0485. The number of Topliss-reactive ketones (excluding diaryl/α,β-unsaturated/α-hetero) is 1. The van der Waals surface area contributed by atoms with Crippen LogP contribution in [0.25, 0.3) is 10.9 Å². The molecule has 1 fully saturated rings. The maximum absolute atomic E-state index is 12.6. The van der Waals surface area contributed by atoms with Gasteiger partial charge in [0.2, 0.25) is 5.91 Å². The Morgan fingerprint density at radius 1 is 1.13 bits per heavy atom. The van der Waals surface area contributed by atoms with Gasteiger partial charge in [-0.05, 0) is 38.2 Å². The average molecular weight is 312 g/mol. The zero-order valence-electron chi connectivity index (χ0n) is 14.0. The summed E-state index contributed by atoms with van der Waals surface area (Å²) < 4.78 is 1.97. The van der Waals surface area contributed by atoms with Crippen molar-refractivity contribution < 1.29 is 9.59 Å². The number of rotatable bonds is 4. The van der Waals surface area contributed by atoms with E-state index >= 15 is 0 Å². The number of hydrogen-bond donors (Lipinski definition) is 0. The highest BCUT2D eigenvalue weighted by Crippen LogP contribution is 2.26. The topological polar surface area (TPSA) is 42.3 Å². The third-order valence-electron chi connectivity index (χ3n) is 4.76.